The summed E-state index contributed by atoms with van der Waals surface area (Å²) >= 11 is 0. The molecule has 1 N–H and O–H groups in total. The molecule has 2 aliphatic heterocycles. The number of sulfone groups is 1. The second-order valence-electron chi connectivity index (χ2n) is 7.36. The number of fused-ring (bicyclic) bond motifs is 1. The molecular formula is C18H25ClN2O3S. The van der Waals surface area contributed by atoms with Crippen molar-refractivity contribution in [1.29, 1.82) is 0 Å². The number of hydrogen-bond donors (Lipinski definition) is 1. The second-order valence-corrected chi connectivity index (χ2v) is 9.59. The van der Waals surface area contributed by atoms with E-state index in [2.05, 4.69) is 5.32 Å². The van der Waals surface area contributed by atoms with Gasteiger partial charge in [0.2, 0.25) is 0 Å². The van der Waals surface area contributed by atoms with E-state index in [0.29, 0.717) is 22.3 Å². The van der Waals surface area contributed by atoms with Crippen LogP contribution in [-0.2, 0) is 9.84 Å². The predicted octanol–water partition coefficient (Wildman–Crippen LogP) is 2.12. The van der Waals surface area contributed by atoms with E-state index in [9.17, 15) is 13.2 Å². The highest BCUT2D eigenvalue weighted by Gasteiger charge is 2.38. The lowest BCUT2D eigenvalue weighted by atomic mass is 10.0. The van der Waals surface area contributed by atoms with Gasteiger partial charge in [-0.15, -0.1) is 12.4 Å². The molecule has 0 aromatic heterocycles. The fourth-order valence-electron chi connectivity index (χ4n) is 4.38. The number of rotatable bonds is 3. The normalized spacial score (nSPS) is 26.5. The Hall–Kier alpha value is -1.11. The van der Waals surface area contributed by atoms with Crippen LogP contribution in [0.3, 0.4) is 0 Å². The van der Waals surface area contributed by atoms with Crippen molar-refractivity contribution in [2.45, 2.75) is 35.8 Å². The van der Waals surface area contributed by atoms with Crippen molar-refractivity contribution >= 4 is 28.2 Å². The van der Waals surface area contributed by atoms with E-state index in [1.807, 2.05) is 4.90 Å². The van der Waals surface area contributed by atoms with E-state index in [-0.39, 0.29) is 23.6 Å². The standard InChI is InChI=1S/C18H24N2O3S.ClH/c21-18(20-11-14-9-19-10-15(14)12-20)13-5-7-17(8-6-13)24(22,23)16-3-1-2-4-16;/h5-8,14-16,19H,1-4,9-12H2;1H/t14-,15+;. The zero-order chi connectivity index (χ0) is 16.7. The van der Waals surface area contributed by atoms with Gasteiger partial charge in [0.1, 0.15) is 0 Å². The lowest BCUT2D eigenvalue weighted by molar-refractivity contribution is 0.0781. The second kappa shape index (κ2) is 7.25. The van der Waals surface area contributed by atoms with E-state index >= 15 is 0 Å². The van der Waals surface area contributed by atoms with Crippen LogP contribution in [0.1, 0.15) is 36.0 Å². The van der Waals surface area contributed by atoms with Crippen molar-refractivity contribution in [3.05, 3.63) is 29.8 Å². The molecule has 3 aliphatic rings. The fourth-order valence-corrected chi connectivity index (χ4v) is 6.24. The van der Waals surface area contributed by atoms with E-state index < -0.39 is 9.84 Å². The summed E-state index contributed by atoms with van der Waals surface area (Å²) in [5.41, 5.74) is 0.591. The summed E-state index contributed by atoms with van der Waals surface area (Å²) in [7, 11) is -3.25. The van der Waals surface area contributed by atoms with Gasteiger partial charge in [-0.1, -0.05) is 12.8 Å². The molecule has 0 unspecified atom stereocenters. The summed E-state index contributed by atoms with van der Waals surface area (Å²) in [6.07, 6.45) is 3.50. The van der Waals surface area contributed by atoms with Gasteiger partial charge >= 0.3 is 0 Å². The van der Waals surface area contributed by atoms with Gasteiger partial charge in [-0.05, 0) is 48.9 Å². The topological polar surface area (TPSA) is 66.5 Å². The Morgan fingerprint density at radius 2 is 1.56 bits per heavy atom. The first-order valence-corrected chi connectivity index (χ1v) is 10.4. The van der Waals surface area contributed by atoms with E-state index in [1.165, 1.54) is 0 Å². The van der Waals surface area contributed by atoms with E-state index in [4.69, 9.17) is 0 Å². The molecule has 2 atom stereocenters. The molecule has 1 saturated carbocycles. The van der Waals surface area contributed by atoms with Gasteiger partial charge in [-0.3, -0.25) is 4.79 Å². The summed E-state index contributed by atoms with van der Waals surface area (Å²) < 4.78 is 25.2. The average Bonchev–Trinajstić information content (AvgIpc) is 3.30. The minimum atomic E-state index is -3.25. The number of carbonyl (C=O) groups is 1. The highest BCUT2D eigenvalue weighted by Crippen LogP contribution is 2.30. The van der Waals surface area contributed by atoms with Crippen molar-refractivity contribution < 1.29 is 13.2 Å². The Morgan fingerprint density at radius 3 is 2.12 bits per heavy atom. The number of carbonyl (C=O) groups excluding carboxylic acids is 1. The third-order valence-electron chi connectivity index (χ3n) is 5.85. The minimum absolute atomic E-state index is 0. The number of amides is 1. The first-order chi connectivity index (χ1) is 11.6. The largest absolute Gasteiger partial charge is 0.338 e. The summed E-state index contributed by atoms with van der Waals surface area (Å²) in [6.45, 7) is 3.59. The van der Waals surface area contributed by atoms with Crippen LogP contribution in [0.15, 0.2) is 29.2 Å². The van der Waals surface area contributed by atoms with Gasteiger partial charge in [-0.2, -0.15) is 0 Å². The molecule has 1 aromatic carbocycles. The molecule has 4 rings (SSSR count). The molecule has 25 heavy (non-hydrogen) atoms. The molecule has 1 amide bonds. The minimum Gasteiger partial charge on any atom is -0.338 e. The fraction of sp³-hybridized carbons (Fsp3) is 0.611. The Bertz CT molecular complexity index is 717. The summed E-state index contributed by atoms with van der Waals surface area (Å²) in [5.74, 6) is 1.15. The Kier molecular flexibility index (Phi) is 5.42. The van der Waals surface area contributed by atoms with Gasteiger partial charge < -0.3 is 10.2 Å². The number of benzene rings is 1. The molecule has 0 bridgehead atoms. The van der Waals surface area contributed by atoms with Crippen LogP contribution in [-0.4, -0.2) is 50.7 Å². The first kappa shape index (κ1) is 18.7. The maximum absolute atomic E-state index is 12.7. The predicted molar refractivity (Wildman–Crippen MR) is 98.9 cm³/mol. The van der Waals surface area contributed by atoms with Gasteiger partial charge in [0.15, 0.2) is 9.84 Å². The maximum Gasteiger partial charge on any atom is 0.253 e. The molecule has 2 heterocycles. The zero-order valence-electron chi connectivity index (χ0n) is 14.2. The highest BCUT2D eigenvalue weighted by molar-refractivity contribution is 7.92. The molecule has 0 spiro atoms. The van der Waals surface area contributed by atoms with Crippen LogP contribution in [0.2, 0.25) is 0 Å². The maximum atomic E-state index is 12.7. The van der Waals surface area contributed by atoms with E-state index in [1.54, 1.807) is 24.3 Å². The molecule has 3 fully saturated rings. The average molecular weight is 385 g/mol. The SMILES string of the molecule is Cl.O=C(c1ccc(S(=O)(=O)C2CCCC2)cc1)N1C[C@H]2CNC[C@H]2C1. The molecular weight excluding hydrogens is 360 g/mol. The van der Waals surface area contributed by atoms with Crippen LogP contribution < -0.4 is 5.32 Å². The smallest absolute Gasteiger partial charge is 0.253 e. The third kappa shape index (κ3) is 3.44. The number of hydrogen-bond acceptors (Lipinski definition) is 4. The lowest BCUT2D eigenvalue weighted by Crippen LogP contribution is -2.31. The van der Waals surface area contributed by atoms with Crippen LogP contribution in [0.4, 0.5) is 0 Å². The van der Waals surface area contributed by atoms with Gasteiger partial charge in [0.05, 0.1) is 10.1 Å². The van der Waals surface area contributed by atoms with Crippen molar-refractivity contribution in [2.24, 2.45) is 11.8 Å². The number of likely N-dealkylation sites (tertiary alicyclic amines) is 1. The van der Waals surface area contributed by atoms with Crippen LogP contribution in [0, 0.1) is 11.8 Å². The highest BCUT2D eigenvalue weighted by atomic mass is 35.5. The van der Waals surface area contributed by atoms with Crippen molar-refractivity contribution in [2.75, 3.05) is 26.2 Å². The Balaban J connectivity index is 0.00000182. The lowest BCUT2D eigenvalue weighted by Gasteiger charge is -2.18. The Morgan fingerprint density at radius 1 is 1.00 bits per heavy atom. The number of nitrogens with zero attached hydrogens (tertiary/aromatic N) is 1. The van der Waals surface area contributed by atoms with Crippen LogP contribution in [0.5, 0.6) is 0 Å². The van der Waals surface area contributed by atoms with Crippen molar-refractivity contribution in [3.63, 3.8) is 0 Å². The van der Waals surface area contributed by atoms with Crippen molar-refractivity contribution in [3.8, 4) is 0 Å². The first-order valence-electron chi connectivity index (χ1n) is 8.89. The molecule has 0 radical (unpaired) electrons. The van der Waals surface area contributed by atoms with Gasteiger partial charge in [0.25, 0.3) is 5.91 Å². The summed E-state index contributed by atoms with van der Waals surface area (Å²) in [5, 5.41) is 3.12. The number of nitrogens with one attached hydrogen (secondary N) is 1. The molecule has 2 saturated heterocycles. The van der Waals surface area contributed by atoms with Gasteiger partial charge in [-0.25, -0.2) is 8.42 Å². The molecule has 1 aliphatic carbocycles. The summed E-state index contributed by atoms with van der Waals surface area (Å²) in [6, 6.07) is 6.58. The monoisotopic (exact) mass is 384 g/mol. The molecule has 7 heteroatoms. The quantitative estimate of drug-likeness (QED) is 0.866. The van der Waals surface area contributed by atoms with E-state index in [0.717, 1.165) is 51.9 Å². The summed E-state index contributed by atoms with van der Waals surface area (Å²) in [4.78, 5) is 14.9. The van der Waals surface area contributed by atoms with Crippen LogP contribution in [0.25, 0.3) is 0 Å². The van der Waals surface area contributed by atoms with Crippen molar-refractivity contribution in [1.82, 2.24) is 10.2 Å². The Labute approximate surface area is 155 Å². The van der Waals surface area contributed by atoms with Crippen LogP contribution >= 0.6 is 12.4 Å². The molecule has 5 nitrogen and oxygen atoms in total. The van der Waals surface area contributed by atoms with Gasteiger partial charge in [0, 0.05) is 31.7 Å². The zero-order valence-corrected chi connectivity index (χ0v) is 15.8. The third-order valence-corrected chi connectivity index (χ3v) is 8.13. The molecule has 1 aromatic rings. The molecule has 138 valence electrons. The number of halogens is 1.